The maximum atomic E-state index is 6.31. The first kappa shape index (κ1) is 17.9. The summed E-state index contributed by atoms with van der Waals surface area (Å²) >= 11 is 0. The monoisotopic (exact) mass is 364 g/mol. The lowest BCUT2D eigenvalue weighted by atomic mass is 9.92. The second-order valence-corrected chi connectivity index (χ2v) is 7.23. The van der Waals surface area contributed by atoms with Crippen LogP contribution in [0, 0.1) is 13.8 Å². The number of anilines is 2. The van der Waals surface area contributed by atoms with Gasteiger partial charge in [-0.3, -0.25) is 0 Å². The summed E-state index contributed by atoms with van der Waals surface area (Å²) in [5.74, 6) is 0. The van der Waals surface area contributed by atoms with Crippen LogP contribution >= 0.6 is 0 Å². The van der Waals surface area contributed by atoms with Gasteiger partial charge in [0, 0.05) is 22.5 Å². The molecule has 4 N–H and O–H groups in total. The summed E-state index contributed by atoms with van der Waals surface area (Å²) in [6.07, 6.45) is 0. The third-order valence-electron chi connectivity index (χ3n) is 5.31. The summed E-state index contributed by atoms with van der Waals surface area (Å²) in [7, 11) is 0. The van der Waals surface area contributed by atoms with Gasteiger partial charge in [0.15, 0.2) is 0 Å². The van der Waals surface area contributed by atoms with Crippen molar-refractivity contribution in [2.45, 2.75) is 13.8 Å². The molecule has 138 valence electrons. The zero-order valence-corrected chi connectivity index (χ0v) is 16.2. The van der Waals surface area contributed by atoms with E-state index in [2.05, 4.69) is 62.4 Å². The molecule has 0 aliphatic carbocycles. The average Bonchev–Trinajstić information content (AvgIpc) is 2.70. The standard InChI is InChI=1S/C26H24N2/c1-17-7-3-5-9-21(17)23-15-19(11-13-25(23)27)20-12-14-26(28)24(16-20)22-10-6-4-8-18(22)2/h3-16H,27-28H2,1-2H3. The Balaban J connectivity index is 1.85. The van der Waals surface area contributed by atoms with Crippen molar-refractivity contribution in [1.82, 2.24) is 0 Å². The van der Waals surface area contributed by atoms with Gasteiger partial charge in [0.05, 0.1) is 0 Å². The third-order valence-corrected chi connectivity index (χ3v) is 5.31. The van der Waals surface area contributed by atoms with Crippen LogP contribution in [-0.4, -0.2) is 0 Å². The Hall–Kier alpha value is -3.52. The second kappa shape index (κ2) is 7.24. The molecule has 0 unspecified atom stereocenters. The van der Waals surface area contributed by atoms with Crippen molar-refractivity contribution in [1.29, 1.82) is 0 Å². The molecule has 0 saturated heterocycles. The van der Waals surface area contributed by atoms with Crippen molar-refractivity contribution in [2.75, 3.05) is 11.5 Å². The molecule has 0 aromatic heterocycles. The lowest BCUT2D eigenvalue weighted by Gasteiger charge is -2.14. The van der Waals surface area contributed by atoms with E-state index in [4.69, 9.17) is 11.5 Å². The van der Waals surface area contributed by atoms with E-state index in [0.29, 0.717) is 0 Å². The molecule has 0 aliphatic heterocycles. The van der Waals surface area contributed by atoms with Crippen molar-refractivity contribution in [3.63, 3.8) is 0 Å². The summed E-state index contributed by atoms with van der Waals surface area (Å²) < 4.78 is 0. The molecular weight excluding hydrogens is 340 g/mol. The molecule has 2 heteroatoms. The number of hydrogen-bond acceptors (Lipinski definition) is 2. The molecule has 0 amide bonds. The first-order valence-electron chi connectivity index (χ1n) is 9.46. The predicted octanol–water partition coefficient (Wildman–Crippen LogP) is 6.47. The van der Waals surface area contributed by atoms with Crippen LogP contribution in [0.4, 0.5) is 11.4 Å². The van der Waals surface area contributed by atoms with E-state index in [9.17, 15) is 0 Å². The molecule has 0 bridgehead atoms. The summed E-state index contributed by atoms with van der Waals surface area (Å²) in [5, 5.41) is 0. The van der Waals surface area contributed by atoms with E-state index in [1.54, 1.807) is 0 Å². The molecule has 4 aromatic carbocycles. The minimum absolute atomic E-state index is 0.785. The van der Waals surface area contributed by atoms with Crippen molar-refractivity contribution >= 4 is 11.4 Å². The highest BCUT2D eigenvalue weighted by Crippen LogP contribution is 2.36. The summed E-state index contributed by atoms with van der Waals surface area (Å²) in [6, 6.07) is 29.1. The zero-order chi connectivity index (χ0) is 19.7. The maximum absolute atomic E-state index is 6.31. The van der Waals surface area contributed by atoms with Crippen molar-refractivity contribution in [2.24, 2.45) is 0 Å². The Labute approximate surface area is 166 Å². The molecule has 0 atom stereocenters. The maximum Gasteiger partial charge on any atom is 0.0394 e. The van der Waals surface area contributed by atoms with Crippen LogP contribution in [0.25, 0.3) is 33.4 Å². The van der Waals surface area contributed by atoms with Gasteiger partial charge in [-0.15, -0.1) is 0 Å². The Morgan fingerprint density at radius 3 is 1.25 bits per heavy atom. The minimum Gasteiger partial charge on any atom is -0.398 e. The Kier molecular flexibility index (Phi) is 4.62. The summed E-state index contributed by atoms with van der Waals surface area (Å²) in [6.45, 7) is 4.22. The van der Waals surface area contributed by atoms with Gasteiger partial charge >= 0.3 is 0 Å². The molecule has 28 heavy (non-hydrogen) atoms. The molecule has 0 spiro atoms. The fourth-order valence-corrected chi connectivity index (χ4v) is 3.69. The number of nitrogens with two attached hydrogens (primary N) is 2. The first-order chi connectivity index (χ1) is 13.5. The molecule has 0 saturated carbocycles. The third kappa shape index (κ3) is 3.25. The van der Waals surface area contributed by atoms with Gasteiger partial charge in [-0.2, -0.15) is 0 Å². The SMILES string of the molecule is Cc1ccccc1-c1cc(-c2ccc(N)c(-c3ccccc3C)c2)ccc1N. The Morgan fingerprint density at radius 1 is 0.464 bits per heavy atom. The highest BCUT2D eigenvalue weighted by atomic mass is 14.6. The fraction of sp³-hybridized carbons (Fsp3) is 0.0769. The van der Waals surface area contributed by atoms with Crippen LogP contribution in [0.3, 0.4) is 0 Å². The lowest BCUT2D eigenvalue weighted by molar-refractivity contribution is 1.45. The number of nitrogen functional groups attached to an aromatic ring is 2. The molecule has 0 aliphatic rings. The van der Waals surface area contributed by atoms with Gasteiger partial charge in [0.25, 0.3) is 0 Å². The average molecular weight is 364 g/mol. The van der Waals surface area contributed by atoms with Crippen LogP contribution in [0.5, 0.6) is 0 Å². The van der Waals surface area contributed by atoms with Gasteiger partial charge in [-0.25, -0.2) is 0 Å². The topological polar surface area (TPSA) is 52.0 Å². The number of aryl methyl sites for hydroxylation is 2. The Bertz CT molecular complexity index is 1070. The van der Waals surface area contributed by atoms with E-state index in [1.165, 1.54) is 11.1 Å². The van der Waals surface area contributed by atoms with E-state index < -0.39 is 0 Å². The van der Waals surface area contributed by atoms with Crippen LogP contribution in [0.15, 0.2) is 84.9 Å². The summed E-state index contributed by atoms with van der Waals surface area (Å²) in [5.41, 5.74) is 23.3. The number of benzene rings is 4. The molecule has 0 radical (unpaired) electrons. The number of hydrogen-bond donors (Lipinski definition) is 2. The van der Waals surface area contributed by atoms with Crippen LogP contribution in [-0.2, 0) is 0 Å². The van der Waals surface area contributed by atoms with Crippen molar-refractivity contribution in [3.05, 3.63) is 96.1 Å². The van der Waals surface area contributed by atoms with Crippen LogP contribution in [0.2, 0.25) is 0 Å². The normalized spacial score (nSPS) is 10.8. The van der Waals surface area contributed by atoms with Gasteiger partial charge in [0.1, 0.15) is 0 Å². The predicted molar refractivity (Wildman–Crippen MR) is 121 cm³/mol. The fourth-order valence-electron chi connectivity index (χ4n) is 3.69. The lowest BCUT2D eigenvalue weighted by Crippen LogP contribution is -1.95. The van der Waals surface area contributed by atoms with Gasteiger partial charge in [0.2, 0.25) is 0 Å². The molecular formula is C26H24N2. The molecule has 4 aromatic rings. The smallest absolute Gasteiger partial charge is 0.0394 e. The molecule has 0 fully saturated rings. The molecule has 4 rings (SSSR count). The largest absolute Gasteiger partial charge is 0.398 e. The van der Waals surface area contributed by atoms with Gasteiger partial charge < -0.3 is 11.5 Å². The van der Waals surface area contributed by atoms with Crippen molar-refractivity contribution < 1.29 is 0 Å². The van der Waals surface area contributed by atoms with Gasteiger partial charge in [-0.1, -0.05) is 60.7 Å². The molecule has 2 nitrogen and oxygen atoms in total. The summed E-state index contributed by atoms with van der Waals surface area (Å²) in [4.78, 5) is 0. The highest BCUT2D eigenvalue weighted by molar-refractivity contribution is 5.87. The minimum atomic E-state index is 0.785. The Morgan fingerprint density at radius 2 is 0.857 bits per heavy atom. The van der Waals surface area contributed by atoms with E-state index in [-0.39, 0.29) is 0 Å². The number of rotatable bonds is 3. The second-order valence-electron chi connectivity index (χ2n) is 7.23. The van der Waals surface area contributed by atoms with Crippen LogP contribution < -0.4 is 11.5 Å². The highest BCUT2D eigenvalue weighted by Gasteiger charge is 2.11. The molecule has 0 heterocycles. The quantitative estimate of drug-likeness (QED) is 0.409. The van der Waals surface area contributed by atoms with Gasteiger partial charge in [-0.05, 0) is 71.5 Å². The van der Waals surface area contributed by atoms with E-state index in [1.807, 2.05) is 36.4 Å². The zero-order valence-electron chi connectivity index (χ0n) is 16.2. The van der Waals surface area contributed by atoms with Crippen molar-refractivity contribution in [3.8, 4) is 33.4 Å². The van der Waals surface area contributed by atoms with E-state index >= 15 is 0 Å². The van der Waals surface area contributed by atoms with Crippen LogP contribution in [0.1, 0.15) is 11.1 Å². The first-order valence-corrected chi connectivity index (χ1v) is 9.46. The van der Waals surface area contributed by atoms with E-state index in [0.717, 1.165) is 44.8 Å².